The maximum Gasteiger partial charge on any atom is 0.416 e. The van der Waals surface area contributed by atoms with Crippen LogP contribution >= 0.6 is 0 Å². The smallest absolute Gasteiger partial charge is 0.350 e. The number of nitrogens with one attached hydrogen (secondary N) is 3. The number of likely N-dealkylation sites (tertiary alicyclic amines) is 1. The van der Waals surface area contributed by atoms with Crippen molar-refractivity contribution >= 4 is 11.8 Å². The summed E-state index contributed by atoms with van der Waals surface area (Å²) in [7, 11) is 0. The highest BCUT2D eigenvalue weighted by Gasteiger charge is 2.37. The van der Waals surface area contributed by atoms with Gasteiger partial charge in [-0.25, -0.2) is 0 Å². The number of hydrogen-bond acceptors (Lipinski definition) is 4. The second-order valence-corrected chi connectivity index (χ2v) is 11.1. The monoisotopic (exact) mass is 638 g/mol. The van der Waals surface area contributed by atoms with Crippen LogP contribution in [0.5, 0.6) is 0 Å². The summed E-state index contributed by atoms with van der Waals surface area (Å²) >= 11 is 0. The van der Waals surface area contributed by atoms with Crippen molar-refractivity contribution in [2.75, 3.05) is 19.6 Å². The van der Waals surface area contributed by atoms with Crippen LogP contribution in [-0.2, 0) is 29.9 Å². The van der Waals surface area contributed by atoms with Crippen molar-refractivity contribution in [3.63, 3.8) is 0 Å². The van der Waals surface area contributed by atoms with E-state index < -0.39 is 53.6 Å². The first kappa shape index (κ1) is 33.6. The van der Waals surface area contributed by atoms with E-state index in [1.807, 2.05) is 0 Å². The van der Waals surface area contributed by atoms with Crippen LogP contribution < -0.4 is 16.0 Å². The molecule has 242 valence electrons. The average Bonchev–Trinajstić information content (AvgIpc) is 3.42. The molecule has 6 nitrogen and oxygen atoms in total. The Morgan fingerprint density at radius 3 is 1.95 bits per heavy atom. The summed E-state index contributed by atoms with van der Waals surface area (Å²) in [5, 5.41) is 8.23. The molecule has 1 saturated carbocycles. The molecule has 3 N–H and O–H groups in total. The second kappa shape index (κ2) is 13.3. The second-order valence-electron chi connectivity index (χ2n) is 11.1. The Labute approximate surface area is 247 Å². The SMILES string of the molecule is O=C(CNC(=O)c1cccc(C(F)(F)F)c1)N[C@@H]1CCN(C2CCC(NCc3cc(C(F)(F)F)cc(C(F)(F)F)c3)CC2)C1. The molecule has 0 unspecified atom stereocenters. The Hall–Kier alpha value is -3.33. The standard InChI is InChI=1S/C29H31F9N4O2/c30-27(31,32)19-3-1-2-18(12-19)26(44)40-15-25(43)41-23-8-9-42(16-23)24-6-4-22(5-7-24)39-14-17-10-20(28(33,34)35)13-21(11-17)29(36,37)38/h1-3,10-13,22-24,39H,4-9,14-16H2,(H,40,44)(H,41,43)/t22?,23-,24?/m1/s1. The van der Waals surface area contributed by atoms with E-state index in [1.165, 1.54) is 6.07 Å². The minimum Gasteiger partial charge on any atom is -0.350 e. The summed E-state index contributed by atoms with van der Waals surface area (Å²) in [6, 6.07) is 5.37. The van der Waals surface area contributed by atoms with Crippen molar-refractivity contribution in [1.29, 1.82) is 0 Å². The van der Waals surface area contributed by atoms with Gasteiger partial charge < -0.3 is 16.0 Å². The molecule has 1 aliphatic heterocycles. The van der Waals surface area contributed by atoms with Gasteiger partial charge in [0.05, 0.1) is 23.2 Å². The molecule has 15 heteroatoms. The summed E-state index contributed by atoms with van der Waals surface area (Å²) in [5.74, 6) is -1.29. The van der Waals surface area contributed by atoms with Crippen LogP contribution in [0.3, 0.4) is 0 Å². The average molecular weight is 639 g/mol. The van der Waals surface area contributed by atoms with E-state index in [0.29, 0.717) is 38.4 Å². The van der Waals surface area contributed by atoms with Crippen LogP contribution in [0.25, 0.3) is 0 Å². The lowest BCUT2D eigenvalue weighted by Gasteiger charge is -2.35. The quantitative estimate of drug-likeness (QED) is 0.322. The van der Waals surface area contributed by atoms with Gasteiger partial charge in [0, 0.05) is 43.3 Å². The molecular formula is C29H31F9N4O2. The van der Waals surface area contributed by atoms with Gasteiger partial charge in [0.1, 0.15) is 0 Å². The van der Waals surface area contributed by atoms with Crippen LogP contribution in [0.2, 0.25) is 0 Å². The summed E-state index contributed by atoms with van der Waals surface area (Å²) in [4.78, 5) is 26.8. The fraction of sp³-hybridized carbons (Fsp3) is 0.517. The zero-order valence-electron chi connectivity index (χ0n) is 23.3. The molecule has 1 saturated heterocycles. The highest BCUT2D eigenvalue weighted by atomic mass is 19.4. The van der Waals surface area contributed by atoms with E-state index in [-0.39, 0.29) is 41.9 Å². The van der Waals surface area contributed by atoms with Crippen molar-refractivity contribution in [3.8, 4) is 0 Å². The zero-order valence-corrected chi connectivity index (χ0v) is 23.3. The van der Waals surface area contributed by atoms with Gasteiger partial charge in [-0.15, -0.1) is 0 Å². The minimum atomic E-state index is -4.90. The van der Waals surface area contributed by atoms with Crippen molar-refractivity contribution in [1.82, 2.24) is 20.9 Å². The third kappa shape index (κ3) is 9.10. The Morgan fingerprint density at radius 2 is 1.36 bits per heavy atom. The molecule has 2 aromatic carbocycles. The molecule has 4 rings (SSSR count). The molecule has 0 spiro atoms. The highest BCUT2D eigenvalue weighted by Crippen LogP contribution is 2.36. The number of benzene rings is 2. The lowest BCUT2D eigenvalue weighted by atomic mass is 9.90. The van der Waals surface area contributed by atoms with Gasteiger partial charge in [0.25, 0.3) is 5.91 Å². The van der Waals surface area contributed by atoms with Gasteiger partial charge in [-0.3, -0.25) is 14.5 Å². The van der Waals surface area contributed by atoms with E-state index in [0.717, 1.165) is 37.1 Å². The zero-order chi connectivity index (χ0) is 32.3. The number of amides is 2. The normalized spacial score (nSPS) is 21.7. The Morgan fingerprint density at radius 1 is 0.750 bits per heavy atom. The van der Waals surface area contributed by atoms with E-state index in [4.69, 9.17) is 0 Å². The van der Waals surface area contributed by atoms with Crippen LogP contribution in [0.1, 0.15) is 64.7 Å². The maximum atomic E-state index is 13.1. The summed E-state index contributed by atoms with van der Waals surface area (Å²) in [5.41, 5.74) is -3.98. The number of hydrogen-bond donors (Lipinski definition) is 3. The Bertz CT molecular complexity index is 1290. The van der Waals surface area contributed by atoms with Crippen LogP contribution in [0, 0.1) is 0 Å². The minimum absolute atomic E-state index is 0.0753. The third-order valence-corrected chi connectivity index (χ3v) is 7.90. The van der Waals surface area contributed by atoms with Crippen LogP contribution in [-0.4, -0.2) is 54.5 Å². The molecule has 0 bridgehead atoms. The Balaban J connectivity index is 1.19. The molecule has 2 aromatic rings. The summed E-state index contributed by atoms with van der Waals surface area (Å²) in [6.45, 7) is 0.721. The number of nitrogens with zero attached hydrogens (tertiary/aromatic N) is 1. The molecule has 2 fully saturated rings. The van der Waals surface area contributed by atoms with Crippen LogP contribution in [0.15, 0.2) is 42.5 Å². The lowest BCUT2D eigenvalue weighted by Crippen LogP contribution is -2.45. The lowest BCUT2D eigenvalue weighted by molar-refractivity contribution is -0.143. The van der Waals surface area contributed by atoms with E-state index >= 15 is 0 Å². The molecule has 0 radical (unpaired) electrons. The first-order chi connectivity index (χ1) is 20.5. The molecule has 44 heavy (non-hydrogen) atoms. The van der Waals surface area contributed by atoms with Gasteiger partial charge in [0.15, 0.2) is 0 Å². The topological polar surface area (TPSA) is 73.5 Å². The van der Waals surface area contributed by atoms with Crippen LogP contribution in [0.4, 0.5) is 39.5 Å². The fourth-order valence-electron chi connectivity index (χ4n) is 5.64. The van der Waals surface area contributed by atoms with Crippen molar-refractivity contribution in [2.24, 2.45) is 0 Å². The van der Waals surface area contributed by atoms with Crippen molar-refractivity contribution in [3.05, 3.63) is 70.3 Å². The van der Waals surface area contributed by atoms with Gasteiger partial charge >= 0.3 is 18.5 Å². The highest BCUT2D eigenvalue weighted by molar-refractivity contribution is 5.96. The molecule has 2 amide bonds. The maximum absolute atomic E-state index is 13.1. The first-order valence-electron chi connectivity index (χ1n) is 14.0. The largest absolute Gasteiger partial charge is 0.416 e. The number of rotatable bonds is 8. The molecule has 2 aliphatic rings. The molecule has 0 aromatic heterocycles. The van der Waals surface area contributed by atoms with E-state index in [2.05, 4.69) is 20.9 Å². The summed E-state index contributed by atoms with van der Waals surface area (Å²) in [6.07, 6.45) is -10.9. The van der Waals surface area contributed by atoms with Crippen molar-refractivity contribution < 1.29 is 49.1 Å². The summed E-state index contributed by atoms with van der Waals surface area (Å²) < 4.78 is 117. The molecule has 1 atom stereocenters. The number of halogens is 9. The van der Waals surface area contributed by atoms with Gasteiger partial charge in [-0.05, 0) is 74.1 Å². The molecular weight excluding hydrogens is 607 g/mol. The fourth-order valence-corrected chi connectivity index (χ4v) is 5.64. The number of carbonyl (C=O) groups is 2. The molecule has 1 heterocycles. The number of alkyl halides is 9. The van der Waals surface area contributed by atoms with Crippen molar-refractivity contribution in [2.45, 2.75) is 75.3 Å². The van der Waals surface area contributed by atoms with Gasteiger partial charge in [-0.1, -0.05) is 6.07 Å². The third-order valence-electron chi connectivity index (χ3n) is 7.90. The van der Waals surface area contributed by atoms with Gasteiger partial charge in [-0.2, -0.15) is 39.5 Å². The first-order valence-corrected chi connectivity index (χ1v) is 14.0. The Kier molecular flexibility index (Phi) is 10.2. The van der Waals surface area contributed by atoms with E-state index in [1.54, 1.807) is 0 Å². The number of carbonyl (C=O) groups excluding carboxylic acids is 2. The predicted octanol–water partition coefficient (Wildman–Crippen LogP) is 5.76. The predicted molar refractivity (Wildman–Crippen MR) is 141 cm³/mol. The van der Waals surface area contributed by atoms with E-state index in [9.17, 15) is 49.1 Å². The van der Waals surface area contributed by atoms with Gasteiger partial charge in [0.2, 0.25) is 5.91 Å². The molecule has 1 aliphatic carbocycles.